The first-order valence-corrected chi connectivity index (χ1v) is 5.69. The second-order valence-electron chi connectivity index (χ2n) is 3.94. The number of nitrogens with two attached hydrogens (primary N) is 1. The molecule has 0 aliphatic carbocycles. The molecule has 0 saturated carbocycles. The first-order valence-electron chi connectivity index (χ1n) is 5.69. The van der Waals surface area contributed by atoms with E-state index in [1.165, 1.54) is 11.1 Å². The zero-order valence-electron chi connectivity index (χ0n) is 9.97. The predicted octanol–water partition coefficient (Wildman–Crippen LogP) is 1.73. The minimum Gasteiger partial charge on any atom is -0.486 e. The maximum absolute atomic E-state index is 5.68. The van der Waals surface area contributed by atoms with Gasteiger partial charge in [0.15, 0.2) is 5.75 Å². The fourth-order valence-electron chi connectivity index (χ4n) is 1.61. The van der Waals surface area contributed by atoms with Crippen molar-refractivity contribution in [3.63, 3.8) is 0 Å². The highest BCUT2D eigenvalue weighted by molar-refractivity contribution is 5.25. The van der Waals surface area contributed by atoms with E-state index in [0.717, 1.165) is 5.75 Å². The van der Waals surface area contributed by atoms with Gasteiger partial charge < -0.3 is 10.5 Å². The number of aryl methyl sites for hydroxylation is 1. The van der Waals surface area contributed by atoms with E-state index in [0.29, 0.717) is 19.7 Å². The third-order valence-corrected chi connectivity index (χ3v) is 2.62. The smallest absolute Gasteiger partial charge is 0.157 e. The molecular weight excluding hydrogens is 214 g/mol. The first kappa shape index (κ1) is 11.7. The summed E-state index contributed by atoms with van der Waals surface area (Å²) in [7, 11) is 0. The molecule has 0 bridgehead atoms. The number of hydrogen-bond donors (Lipinski definition) is 1. The highest BCUT2D eigenvalue weighted by Crippen LogP contribution is 2.13. The van der Waals surface area contributed by atoms with Crippen LogP contribution in [-0.2, 0) is 13.2 Å². The number of aromatic nitrogens is 2. The summed E-state index contributed by atoms with van der Waals surface area (Å²) in [5, 5.41) is 4.15. The van der Waals surface area contributed by atoms with Gasteiger partial charge in [0.05, 0.1) is 18.9 Å². The van der Waals surface area contributed by atoms with Crippen molar-refractivity contribution in [2.75, 3.05) is 6.54 Å². The van der Waals surface area contributed by atoms with Crippen LogP contribution < -0.4 is 10.5 Å². The van der Waals surface area contributed by atoms with Crippen LogP contribution in [0, 0.1) is 6.92 Å². The zero-order chi connectivity index (χ0) is 12.1. The van der Waals surface area contributed by atoms with Gasteiger partial charge in [-0.25, -0.2) is 0 Å². The Hall–Kier alpha value is -1.81. The molecule has 90 valence electrons. The molecule has 0 saturated heterocycles. The molecule has 17 heavy (non-hydrogen) atoms. The van der Waals surface area contributed by atoms with Crippen LogP contribution in [0.1, 0.15) is 11.1 Å². The van der Waals surface area contributed by atoms with E-state index in [4.69, 9.17) is 10.5 Å². The zero-order valence-corrected chi connectivity index (χ0v) is 9.97. The molecule has 0 fully saturated rings. The highest BCUT2D eigenvalue weighted by Gasteiger charge is 2.01. The normalized spacial score (nSPS) is 10.5. The Morgan fingerprint density at radius 1 is 1.35 bits per heavy atom. The average molecular weight is 231 g/mol. The van der Waals surface area contributed by atoms with Crippen molar-refractivity contribution >= 4 is 0 Å². The van der Waals surface area contributed by atoms with Crippen LogP contribution in [0.5, 0.6) is 5.75 Å². The summed E-state index contributed by atoms with van der Waals surface area (Å²) in [6, 6.07) is 8.19. The van der Waals surface area contributed by atoms with Gasteiger partial charge in [0, 0.05) is 6.54 Å². The maximum atomic E-state index is 5.68. The van der Waals surface area contributed by atoms with E-state index in [2.05, 4.69) is 24.2 Å². The summed E-state index contributed by atoms with van der Waals surface area (Å²) >= 11 is 0. The molecule has 0 unspecified atom stereocenters. The molecule has 2 rings (SSSR count). The molecule has 2 aromatic rings. The fraction of sp³-hybridized carbons (Fsp3) is 0.308. The monoisotopic (exact) mass is 231 g/mol. The van der Waals surface area contributed by atoms with Crippen molar-refractivity contribution in [1.29, 1.82) is 0 Å². The topological polar surface area (TPSA) is 53.1 Å². The molecule has 2 N–H and O–H groups in total. The molecule has 0 spiro atoms. The lowest BCUT2D eigenvalue weighted by atomic mass is 10.1. The summed E-state index contributed by atoms with van der Waals surface area (Å²) < 4.78 is 7.46. The molecule has 4 nitrogen and oxygen atoms in total. The summed E-state index contributed by atoms with van der Waals surface area (Å²) in [6.07, 6.45) is 3.58. The van der Waals surface area contributed by atoms with Crippen LogP contribution in [0.4, 0.5) is 0 Å². The Kier molecular flexibility index (Phi) is 3.77. The average Bonchev–Trinajstić information content (AvgIpc) is 2.76. The van der Waals surface area contributed by atoms with Crippen molar-refractivity contribution in [2.45, 2.75) is 20.1 Å². The van der Waals surface area contributed by atoms with Gasteiger partial charge in [-0.2, -0.15) is 5.10 Å². The maximum Gasteiger partial charge on any atom is 0.157 e. The van der Waals surface area contributed by atoms with Gasteiger partial charge in [-0.15, -0.1) is 0 Å². The molecule has 4 heteroatoms. The Bertz CT molecular complexity index is 479. The van der Waals surface area contributed by atoms with Crippen LogP contribution in [0.15, 0.2) is 36.7 Å². The van der Waals surface area contributed by atoms with Crippen LogP contribution in [-0.4, -0.2) is 16.3 Å². The molecular formula is C13H17N3O. The van der Waals surface area contributed by atoms with Crippen LogP contribution in [0.3, 0.4) is 0 Å². The second kappa shape index (κ2) is 5.50. The van der Waals surface area contributed by atoms with E-state index in [-0.39, 0.29) is 0 Å². The highest BCUT2D eigenvalue weighted by atomic mass is 16.5. The second-order valence-corrected chi connectivity index (χ2v) is 3.94. The molecule has 1 aromatic carbocycles. The number of benzene rings is 1. The third-order valence-electron chi connectivity index (χ3n) is 2.62. The molecule has 0 aliphatic rings. The molecule has 0 atom stereocenters. The van der Waals surface area contributed by atoms with Gasteiger partial charge in [-0.3, -0.25) is 4.68 Å². The summed E-state index contributed by atoms with van der Waals surface area (Å²) in [5.74, 6) is 0.779. The van der Waals surface area contributed by atoms with Crippen LogP contribution in [0.2, 0.25) is 0 Å². The lowest BCUT2D eigenvalue weighted by molar-refractivity contribution is 0.305. The first-order chi connectivity index (χ1) is 8.29. The molecule has 0 aliphatic heterocycles. The summed E-state index contributed by atoms with van der Waals surface area (Å²) in [6.45, 7) is 3.95. The summed E-state index contributed by atoms with van der Waals surface area (Å²) in [4.78, 5) is 0. The van der Waals surface area contributed by atoms with Gasteiger partial charge >= 0.3 is 0 Å². The Labute approximate surface area is 101 Å². The SMILES string of the molecule is Cc1ccccc1COc1cnn(CCN)c1. The third kappa shape index (κ3) is 3.07. The van der Waals surface area contributed by atoms with Gasteiger partial charge in [0.1, 0.15) is 6.61 Å². The lowest BCUT2D eigenvalue weighted by Gasteiger charge is -2.06. The van der Waals surface area contributed by atoms with Gasteiger partial charge in [-0.05, 0) is 18.1 Å². The fourth-order valence-corrected chi connectivity index (χ4v) is 1.61. The van der Waals surface area contributed by atoms with E-state index in [1.54, 1.807) is 10.9 Å². The van der Waals surface area contributed by atoms with Crippen LogP contribution >= 0.6 is 0 Å². The van der Waals surface area contributed by atoms with Crippen molar-refractivity contribution in [3.8, 4) is 5.75 Å². The summed E-state index contributed by atoms with van der Waals surface area (Å²) in [5.41, 5.74) is 7.88. The minimum absolute atomic E-state index is 0.570. The van der Waals surface area contributed by atoms with Crippen molar-refractivity contribution in [1.82, 2.24) is 9.78 Å². The van der Waals surface area contributed by atoms with E-state index < -0.39 is 0 Å². The molecule has 0 amide bonds. The predicted molar refractivity (Wildman–Crippen MR) is 66.8 cm³/mol. The van der Waals surface area contributed by atoms with Gasteiger partial charge in [-0.1, -0.05) is 24.3 Å². The van der Waals surface area contributed by atoms with E-state index >= 15 is 0 Å². The number of nitrogens with zero attached hydrogens (tertiary/aromatic N) is 2. The molecule has 0 radical (unpaired) electrons. The minimum atomic E-state index is 0.570. The number of ether oxygens (including phenoxy) is 1. The molecule has 1 aromatic heterocycles. The largest absolute Gasteiger partial charge is 0.486 e. The standard InChI is InChI=1S/C13H17N3O/c1-11-4-2-3-5-12(11)10-17-13-8-15-16(9-13)7-6-14/h2-5,8-9H,6-7,10,14H2,1H3. The number of hydrogen-bond acceptors (Lipinski definition) is 3. The Morgan fingerprint density at radius 3 is 2.94 bits per heavy atom. The van der Waals surface area contributed by atoms with Gasteiger partial charge in [0.2, 0.25) is 0 Å². The van der Waals surface area contributed by atoms with E-state index in [1.807, 2.05) is 18.3 Å². The van der Waals surface area contributed by atoms with Crippen LogP contribution in [0.25, 0.3) is 0 Å². The van der Waals surface area contributed by atoms with Crippen molar-refractivity contribution < 1.29 is 4.74 Å². The van der Waals surface area contributed by atoms with Crippen molar-refractivity contribution in [3.05, 3.63) is 47.8 Å². The Morgan fingerprint density at radius 2 is 2.18 bits per heavy atom. The quantitative estimate of drug-likeness (QED) is 0.852. The Balaban J connectivity index is 1.95. The van der Waals surface area contributed by atoms with Crippen molar-refractivity contribution in [2.24, 2.45) is 5.73 Å². The lowest BCUT2D eigenvalue weighted by Crippen LogP contribution is -2.09. The number of rotatable bonds is 5. The van der Waals surface area contributed by atoms with E-state index in [9.17, 15) is 0 Å². The van der Waals surface area contributed by atoms with Gasteiger partial charge in [0.25, 0.3) is 0 Å². The molecule has 1 heterocycles.